The molecule has 3 rings (SSSR count). The lowest BCUT2D eigenvalue weighted by atomic mass is 10.1. The highest BCUT2D eigenvalue weighted by Gasteiger charge is 2.14. The van der Waals surface area contributed by atoms with E-state index in [1.807, 2.05) is 12.3 Å². The van der Waals surface area contributed by atoms with Crippen molar-refractivity contribution in [1.29, 1.82) is 0 Å². The number of hydrogen-bond donors (Lipinski definition) is 1. The molecule has 0 aromatic carbocycles. The van der Waals surface area contributed by atoms with Crippen molar-refractivity contribution in [2.24, 2.45) is 0 Å². The maximum absolute atomic E-state index is 5.85. The van der Waals surface area contributed by atoms with Gasteiger partial charge in [0, 0.05) is 16.9 Å². The molecule has 4 heteroatoms. The van der Waals surface area contributed by atoms with Crippen molar-refractivity contribution in [3.05, 3.63) is 23.7 Å². The maximum atomic E-state index is 5.85. The normalized spacial score (nSPS) is 20.6. The summed E-state index contributed by atoms with van der Waals surface area (Å²) in [5.41, 5.74) is 0. The van der Waals surface area contributed by atoms with Crippen molar-refractivity contribution in [1.82, 2.24) is 10.3 Å². The van der Waals surface area contributed by atoms with E-state index in [1.165, 1.54) is 24.0 Å². The number of piperidine rings is 1. The number of pyridine rings is 1. The Hall–Kier alpha value is -1.13. The summed E-state index contributed by atoms with van der Waals surface area (Å²) in [7, 11) is 0. The average molecular weight is 248 g/mol. The van der Waals surface area contributed by atoms with E-state index >= 15 is 0 Å². The molecule has 3 heterocycles. The fourth-order valence-electron chi connectivity index (χ4n) is 2.23. The molecule has 0 amide bonds. The number of aromatic nitrogens is 1. The van der Waals surface area contributed by atoms with Crippen LogP contribution in [0.4, 0.5) is 0 Å². The molecule has 1 aliphatic rings. The van der Waals surface area contributed by atoms with Crippen LogP contribution < -0.4 is 10.1 Å². The third-order valence-corrected chi connectivity index (χ3v) is 4.06. The number of rotatable bonds is 3. The van der Waals surface area contributed by atoms with Gasteiger partial charge in [-0.2, -0.15) is 0 Å². The van der Waals surface area contributed by atoms with E-state index in [4.69, 9.17) is 4.74 Å². The Morgan fingerprint density at radius 3 is 3.29 bits per heavy atom. The van der Waals surface area contributed by atoms with Crippen LogP contribution >= 0.6 is 11.3 Å². The SMILES string of the molecule is c1cc2sccc2c(OCC2CCCCN2)n1. The van der Waals surface area contributed by atoms with Crippen LogP contribution in [0.15, 0.2) is 23.7 Å². The Kier molecular flexibility index (Phi) is 3.25. The van der Waals surface area contributed by atoms with Crippen molar-refractivity contribution in [3.8, 4) is 5.88 Å². The largest absolute Gasteiger partial charge is 0.476 e. The molecule has 1 saturated heterocycles. The molecule has 1 atom stereocenters. The van der Waals surface area contributed by atoms with Gasteiger partial charge in [-0.15, -0.1) is 11.3 Å². The highest BCUT2D eigenvalue weighted by atomic mass is 32.1. The number of ether oxygens (including phenoxy) is 1. The Bertz CT molecular complexity index is 491. The van der Waals surface area contributed by atoms with Crippen LogP contribution in [0.3, 0.4) is 0 Å². The van der Waals surface area contributed by atoms with Gasteiger partial charge in [-0.3, -0.25) is 0 Å². The molecule has 0 saturated carbocycles. The van der Waals surface area contributed by atoms with Crippen molar-refractivity contribution in [3.63, 3.8) is 0 Å². The van der Waals surface area contributed by atoms with Crippen LogP contribution in [0, 0.1) is 0 Å². The van der Waals surface area contributed by atoms with Gasteiger partial charge in [0.2, 0.25) is 5.88 Å². The predicted octanol–water partition coefficient (Wildman–Crippen LogP) is 2.82. The quantitative estimate of drug-likeness (QED) is 0.907. The first-order valence-corrected chi connectivity index (χ1v) is 7.00. The van der Waals surface area contributed by atoms with E-state index in [-0.39, 0.29) is 0 Å². The van der Waals surface area contributed by atoms with Gasteiger partial charge in [0.05, 0.1) is 5.39 Å². The summed E-state index contributed by atoms with van der Waals surface area (Å²) < 4.78 is 7.09. The van der Waals surface area contributed by atoms with E-state index in [0.717, 1.165) is 24.4 Å². The second kappa shape index (κ2) is 5.02. The molecule has 0 spiro atoms. The van der Waals surface area contributed by atoms with Crippen LogP contribution in [-0.4, -0.2) is 24.2 Å². The number of fused-ring (bicyclic) bond motifs is 1. The van der Waals surface area contributed by atoms with E-state index in [9.17, 15) is 0 Å². The minimum atomic E-state index is 0.486. The van der Waals surface area contributed by atoms with Gasteiger partial charge in [-0.1, -0.05) is 6.42 Å². The molecule has 3 nitrogen and oxygen atoms in total. The zero-order chi connectivity index (χ0) is 11.5. The molecule has 2 aromatic rings. The predicted molar refractivity (Wildman–Crippen MR) is 70.8 cm³/mol. The average Bonchev–Trinajstić information content (AvgIpc) is 2.86. The molecule has 90 valence electrons. The van der Waals surface area contributed by atoms with Crippen LogP contribution in [-0.2, 0) is 0 Å². The summed E-state index contributed by atoms with van der Waals surface area (Å²) in [5, 5.41) is 6.70. The van der Waals surface area contributed by atoms with Crippen LogP contribution in [0.5, 0.6) is 5.88 Å². The second-order valence-corrected chi connectivity index (χ2v) is 5.35. The zero-order valence-electron chi connectivity index (χ0n) is 9.69. The molecule has 1 unspecified atom stereocenters. The standard InChI is InChI=1S/C13H16N2OS/c1-2-6-14-10(3-1)9-16-13-11-5-8-17-12(11)4-7-15-13/h4-5,7-8,10,14H,1-3,6,9H2. The molecule has 1 aliphatic heterocycles. The van der Waals surface area contributed by atoms with Crippen molar-refractivity contribution < 1.29 is 4.74 Å². The van der Waals surface area contributed by atoms with E-state index < -0.39 is 0 Å². The van der Waals surface area contributed by atoms with Gasteiger partial charge < -0.3 is 10.1 Å². The van der Waals surface area contributed by atoms with Gasteiger partial charge in [-0.25, -0.2) is 4.98 Å². The maximum Gasteiger partial charge on any atom is 0.222 e. The number of thiophene rings is 1. The van der Waals surface area contributed by atoms with Gasteiger partial charge >= 0.3 is 0 Å². The van der Waals surface area contributed by atoms with Gasteiger partial charge in [0.1, 0.15) is 6.61 Å². The minimum Gasteiger partial charge on any atom is -0.476 e. The highest BCUT2D eigenvalue weighted by Crippen LogP contribution is 2.27. The number of nitrogens with one attached hydrogen (secondary N) is 1. The van der Waals surface area contributed by atoms with Crippen molar-refractivity contribution >= 4 is 21.4 Å². The summed E-state index contributed by atoms with van der Waals surface area (Å²) in [5.74, 6) is 0.774. The van der Waals surface area contributed by atoms with Crippen molar-refractivity contribution in [2.45, 2.75) is 25.3 Å². The fraction of sp³-hybridized carbons (Fsp3) is 0.462. The van der Waals surface area contributed by atoms with Gasteiger partial charge in [0.25, 0.3) is 0 Å². The molecular formula is C13H16N2OS. The lowest BCUT2D eigenvalue weighted by molar-refractivity contribution is 0.234. The molecule has 1 fully saturated rings. The zero-order valence-corrected chi connectivity index (χ0v) is 10.5. The Morgan fingerprint density at radius 1 is 1.41 bits per heavy atom. The molecule has 0 radical (unpaired) electrons. The first-order valence-electron chi connectivity index (χ1n) is 6.12. The Morgan fingerprint density at radius 2 is 2.41 bits per heavy atom. The first-order chi connectivity index (χ1) is 8.43. The summed E-state index contributed by atoms with van der Waals surface area (Å²) in [6.45, 7) is 1.84. The number of hydrogen-bond acceptors (Lipinski definition) is 4. The van der Waals surface area contributed by atoms with Crippen molar-refractivity contribution in [2.75, 3.05) is 13.2 Å². The summed E-state index contributed by atoms with van der Waals surface area (Å²) >= 11 is 1.73. The third-order valence-electron chi connectivity index (χ3n) is 3.18. The van der Waals surface area contributed by atoms with E-state index in [1.54, 1.807) is 11.3 Å². The third kappa shape index (κ3) is 2.42. The molecule has 0 aliphatic carbocycles. The number of nitrogens with zero attached hydrogens (tertiary/aromatic N) is 1. The summed E-state index contributed by atoms with van der Waals surface area (Å²) in [6, 6.07) is 4.60. The highest BCUT2D eigenvalue weighted by molar-refractivity contribution is 7.17. The van der Waals surface area contributed by atoms with E-state index in [0.29, 0.717) is 6.04 Å². The smallest absolute Gasteiger partial charge is 0.222 e. The fourth-order valence-corrected chi connectivity index (χ4v) is 3.00. The molecule has 17 heavy (non-hydrogen) atoms. The lowest BCUT2D eigenvalue weighted by Gasteiger charge is -2.23. The van der Waals surface area contributed by atoms with Gasteiger partial charge in [0.15, 0.2) is 0 Å². The van der Waals surface area contributed by atoms with Crippen LogP contribution in [0.2, 0.25) is 0 Å². The second-order valence-electron chi connectivity index (χ2n) is 4.41. The molecule has 0 bridgehead atoms. The summed E-state index contributed by atoms with van der Waals surface area (Å²) in [4.78, 5) is 4.32. The summed E-state index contributed by atoms with van der Waals surface area (Å²) in [6.07, 6.45) is 5.62. The first kappa shape index (κ1) is 11.0. The minimum absolute atomic E-state index is 0.486. The van der Waals surface area contributed by atoms with Crippen LogP contribution in [0.1, 0.15) is 19.3 Å². The topological polar surface area (TPSA) is 34.1 Å². The monoisotopic (exact) mass is 248 g/mol. The molecule has 2 aromatic heterocycles. The Labute approximate surface area is 105 Å². The lowest BCUT2D eigenvalue weighted by Crippen LogP contribution is -2.38. The van der Waals surface area contributed by atoms with Crippen LogP contribution in [0.25, 0.3) is 10.1 Å². The molecule has 1 N–H and O–H groups in total. The van der Waals surface area contributed by atoms with Gasteiger partial charge in [-0.05, 0) is 36.9 Å². The van der Waals surface area contributed by atoms with E-state index in [2.05, 4.69) is 21.7 Å². The molecular weight excluding hydrogens is 232 g/mol. The Balaban J connectivity index is 1.69.